The molecule has 0 aromatic carbocycles. The van der Waals surface area contributed by atoms with Gasteiger partial charge in [0.05, 0.1) is 12.1 Å². The van der Waals surface area contributed by atoms with Crippen LogP contribution < -0.4 is 11.1 Å². The molecule has 0 spiro atoms. The summed E-state index contributed by atoms with van der Waals surface area (Å²) in [7, 11) is -4.45. The highest BCUT2D eigenvalue weighted by Gasteiger charge is 2.31. The van der Waals surface area contributed by atoms with Crippen molar-refractivity contribution in [3.8, 4) is 0 Å². The van der Waals surface area contributed by atoms with Crippen molar-refractivity contribution in [1.29, 1.82) is 0 Å². The average Bonchev–Trinajstić information content (AvgIpc) is 2.31. The Morgan fingerprint density at radius 1 is 1.62 bits per heavy atom. The lowest BCUT2D eigenvalue weighted by molar-refractivity contribution is -0.119. The van der Waals surface area contributed by atoms with Crippen molar-refractivity contribution < 1.29 is 21.9 Å². The van der Waals surface area contributed by atoms with Gasteiger partial charge in [0.1, 0.15) is 0 Å². The van der Waals surface area contributed by atoms with E-state index in [0.29, 0.717) is 0 Å². The molecule has 0 saturated carbocycles. The van der Waals surface area contributed by atoms with Crippen molar-refractivity contribution in [3.63, 3.8) is 0 Å². The number of carbonyl (C=O) groups is 1. The lowest BCUT2D eigenvalue weighted by Gasteiger charge is -2.05. The van der Waals surface area contributed by atoms with E-state index in [1.165, 1.54) is 0 Å². The van der Waals surface area contributed by atoms with Gasteiger partial charge in [-0.2, -0.15) is 8.42 Å². The van der Waals surface area contributed by atoms with Crippen LogP contribution in [0.15, 0.2) is 0 Å². The zero-order valence-electron chi connectivity index (χ0n) is 6.63. The number of rotatable bonds is 3. The van der Waals surface area contributed by atoms with Crippen molar-refractivity contribution in [1.82, 2.24) is 5.32 Å². The SMILES string of the molecule is NC(=O)[C@@H]1C[C@@H](OS(=O)(=O)O)CN1. The maximum Gasteiger partial charge on any atom is 0.397 e. The minimum Gasteiger partial charge on any atom is -0.368 e. The van der Waals surface area contributed by atoms with Crippen molar-refractivity contribution in [3.05, 3.63) is 0 Å². The Kier molecular flexibility index (Phi) is 2.86. The number of carbonyl (C=O) groups excluding carboxylic acids is 1. The average molecular weight is 210 g/mol. The number of primary amides is 1. The van der Waals surface area contributed by atoms with E-state index in [0.717, 1.165) is 0 Å². The number of hydrogen-bond acceptors (Lipinski definition) is 5. The zero-order chi connectivity index (χ0) is 10.1. The van der Waals surface area contributed by atoms with Crippen molar-refractivity contribution in [2.75, 3.05) is 6.54 Å². The molecule has 0 unspecified atom stereocenters. The molecule has 8 heteroatoms. The molecule has 1 amide bonds. The van der Waals surface area contributed by atoms with Crippen LogP contribution in [0.3, 0.4) is 0 Å². The normalized spacial score (nSPS) is 29.0. The van der Waals surface area contributed by atoms with Gasteiger partial charge in [-0.15, -0.1) is 0 Å². The number of nitrogens with one attached hydrogen (secondary N) is 1. The molecule has 0 aromatic rings. The van der Waals surface area contributed by atoms with Crippen LogP contribution in [-0.2, 0) is 19.4 Å². The zero-order valence-corrected chi connectivity index (χ0v) is 7.45. The first-order chi connectivity index (χ1) is 5.88. The summed E-state index contributed by atoms with van der Waals surface area (Å²) in [4.78, 5) is 10.6. The molecule has 0 bridgehead atoms. The minimum absolute atomic E-state index is 0.148. The maximum atomic E-state index is 10.6. The first-order valence-electron chi connectivity index (χ1n) is 3.57. The van der Waals surface area contributed by atoms with Crippen LogP contribution >= 0.6 is 0 Å². The van der Waals surface area contributed by atoms with E-state index >= 15 is 0 Å². The topological polar surface area (TPSA) is 119 Å². The smallest absolute Gasteiger partial charge is 0.368 e. The number of hydrogen-bond donors (Lipinski definition) is 3. The van der Waals surface area contributed by atoms with Gasteiger partial charge in [-0.25, -0.2) is 4.18 Å². The van der Waals surface area contributed by atoms with E-state index in [2.05, 4.69) is 9.50 Å². The van der Waals surface area contributed by atoms with E-state index in [4.69, 9.17) is 10.3 Å². The lowest BCUT2D eigenvalue weighted by atomic mass is 10.2. The predicted molar refractivity (Wildman–Crippen MR) is 42.0 cm³/mol. The molecule has 1 aliphatic heterocycles. The first-order valence-corrected chi connectivity index (χ1v) is 4.93. The summed E-state index contributed by atoms with van der Waals surface area (Å²) in [6.07, 6.45) is -0.581. The molecule has 76 valence electrons. The van der Waals surface area contributed by atoms with Gasteiger partial charge in [0, 0.05) is 13.0 Å². The summed E-state index contributed by atoms with van der Waals surface area (Å²) >= 11 is 0. The molecule has 0 radical (unpaired) electrons. The van der Waals surface area contributed by atoms with E-state index in [-0.39, 0.29) is 13.0 Å². The van der Waals surface area contributed by atoms with Crippen LogP contribution in [0.1, 0.15) is 6.42 Å². The standard InChI is InChI=1S/C5H10N2O5S/c6-5(8)4-1-3(2-7-4)12-13(9,10)11/h3-4,7H,1-2H2,(H2,6,8)(H,9,10,11)/t3-,4+/m1/s1. The molecular formula is C5H10N2O5S. The quantitative estimate of drug-likeness (QED) is 0.464. The van der Waals surface area contributed by atoms with Crippen molar-refractivity contribution in [2.24, 2.45) is 5.73 Å². The van der Waals surface area contributed by atoms with Gasteiger partial charge in [0.25, 0.3) is 0 Å². The van der Waals surface area contributed by atoms with Crippen LogP contribution in [-0.4, -0.2) is 37.6 Å². The Hall–Kier alpha value is -0.700. The molecule has 0 aliphatic carbocycles. The van der Waals surface area contributed by atoms with Gasteiger partial charge in [0.2, 0.25) is 5.91 Å². The Morgan fingerprint density at radius 3 is 2.62 bits per heavy atom. The summed E-state index contributed by atoms with van der Waals surface area (Å²) < 4.78 is 33.1. The highest BCUT2D eigenvalue weighted by atomic mass is 32.3. The molecule has 1 rings (SSSR count). The molecule has 7 nitrogen and oxygen atoms in total. The van der Waals surface area contributed by atoms with Gasteiger partial charge in [-0.05, 0) is 0 Å². The molecule has 2 atom stereocenters. The van der Waals surface area contributed by atoms with Crippen LogP contribution in [0.5, 0.6) is 0 Å². The first kappa shape index (κ1) is 10.4. The van der Waals surface area contributed by atoms with Crippen molar-refractivity contribution >= 4 is 16.3 Å². The highest BCUT2D eigenvalue weighted by molar-refractivity contribution is 7.80. The molecule has 1 saturated heterocycles. The summed E-state index contributed by atoms with van der Waals surface area (Å²) in [5.41, 5.74) is 4.95. The van der Waals surface area contributed by atoms with Gasteiger partial charge >= 0.3 is 10.4 Å². The molecule has 1 heterocycles. The summed E-state index contributed by atoms with van der Waals surface area (Å²) in [6.45, 7) is 0.174. The molecule has 1 aliphatic rings. The third kappa shape index (κ3) is 3.27. The second-order valence-electron chi connectivity index (χ2n) is 2.74. The van der Waals surface area contributed by atoms with Crippen LogP contribution in [0, 0.1) is 0 Å². The van der Waals surface area contributed by atoms with Crippen LogP contribution in [0.25, 0.3) is 0 Å². The maximum absolute atomic E-state index is 10.6. The highest BCUT2D eigenvalue weighted by Crippen LogP contribution is 2.11. The second-order valence-corrected chi connectivity index (χ2v) is 3.79. The third-order valence-corrected chi connectivity index (χ3v) is 2.21. The Bertz CT molecular complexity index is 300. The minimum atomic E-state index is -4.45. The summed E-state index contributed by atoms with van der Waals surface area (Å²) in [5, 5.41) is 2.65. The Morgan fingerprint density at radius 2 is 2.23 bits per heavy atom. The third-order valence-electron chi connectivity index (χ3n) is 1.69. The lowest BCUT2D eigenvalue weighted by Crippen LogP contribution is -2.36. The van der Waals surface area contributed by atoms with Crippen molar-refractivity contribution in [2.45, 2.75) is 18.6 Å². The summed E-state index contributed by atoms with van der Waals surface area (Å²) in [5.74, 6) is -0.568. The second kappa shape index (κ2) is 3.58. The van der Waals surface area contributed by atoms with Crippen LogP contribution in [0.4, 0.5) is 0 Å². The number of amides is 1. The van der Waals surface area contributed by atoms with Gasteiger partial charge in [0.15, 0.2) is 0 Å². The molecule has 0 aromatic heterocycles. The van der Waals surface area contributed by atoms with Crippen LogP contribution in [0.2, 0.25) is 0 Å². The largest absolute Gasteiger partial charge is 0.397 e. The van der Waals surface area contributed by atoms with E-state index in [1.807, 2.05) is 0 Å². The molecule has 1 fully saturated rings. The monoisotopic (exact) mass is 210 g/mol. The fourth-order valence-corrected chi connectivity index (χ4v) is 1.66. The van der Waals surface area contributed by atoms with Gasteiger partial charge < -0.3 is 11.1 Å². The molecular weight excluding hydrogens is 200 g/mol. The van der Waals surface area contributed by atoms with E-state index < -0.39 is 28.5 Å². The van der Waals surface area contributed by atoms with E-state index in [9.17, 15) is 13.2 Å². The number of nitrogens with two attached hydrogens (primary N) is 1. The van der Waals surface area contributed by atoms with E-state index in [1.54, 1.807) is 0 Å². The predicted octanol–water partition coefficient (Wildman–Crippen LogP) is -1.98. The summed E-state index contributed by atoms with van der Waals surface area (Å²) in [6, 6.07) is -0.591. The Balaban J connectivity index is 2.47. The Labute approximate surface area is 75.2 Å². The molecule has 13 heavy (non-hydrogen) atoms. The fraction of sp³-hybridized carbons (Fsp3) is 0.800. The fourth-order valence-electron chi connectivity index (χ4n) is 1.17. The van der Waals surface area contributed by atoms with Gasteiger partial charge in [-0.1, -0.05) is 0 Å². The molecule has 4 N–H and O–H groups in total. The van der Waals surface area contributed by atoms with Gasteiger partial charge in [-0.3, -0.25) is 9.35 Å².